The van der Waals surface area contributed by atoms with Crippen LogP contribution < -0.4 is 9.47 Å². The number of allylic oxidation sites excluding steroid dienone is 1. The second kappa shape index (κ2) is 13.6. The zero-order chi connectivity index (χ0) is 28.3. The number of nitrogens with zero attached hydrogens (tertiary/aromatic N) is 2. The van der Waals surface area contributed by atoms with E-state index < -0.39 is 18.6 Å². The lowest BCUT2D eigenvalue weighted by molar-refractivity contribution is -0.138. The number of hydrogen-bond acceptors (Lipinski definition) is 6. The van der Waals surface area contributed by atoms with Crippen LogP contribution in [-0.2, 0) is 17.8 Å². The van der Waals surface area contributed by atoms with Crippen LogP contribution in [-0.4, -0.2) is 40.7 Å². The lowest BCUT2D eigenvalue weighted by atomic mass is 10.1. The van der Waals surface area contributed by atoms with Gasteiger partial charge in [-0.05, 0) is 85.5 Å². The molecule has 0 saturated carbocycles. The summed E-state index contributed by atoms with van der Waals surface area (Å²) in [6.45, 7) is 1.49. The van der Waals surface area contributed by atoms with Crippen LogP contribution in [0.5, 0.6) is 11.5 Å². The number of carbonyl (C=O) groups is 2. The molecule has 4 rings (SSSR count). The predicted molar refractivity (Wildman–Crippen MR) is 151 cm³/mol. The minimum Gasteiger partial charge on any atom is -0.497 e. The molecule has 1 aromatic heterocycles. The number of oxazole rings is 1. The number of rotatable bonds is 11. The number of carboxylic acid groups (broad SMARTS) is 1. The average Bonchev–Trinajstić information content (AvgIpc) is 3.33. The number of amides is 1. The topological polar surface area (TPSA) is 102 Å². The third-order valence-corrected chi connectivity index (χ3v) is 5.98. The second-order valence-corrected chi connectivity index (χ2v) is 8.98. The molecular formula is C32H30N2O6. The van der Waals surface area contributed by atoms with E-state index >= 15 is 0 Å². The van der Waals surface area contributed by atoms with Crippen molar-refractivity contribution in [2.75, 3.05) is 13.7 Å². The van der Waals surface area contributed by atoms with Crippen LogP contribution in [0.15, 0.2) is 95.1 Å². The van der Waals surface area contributed by atoms with Gasteiger partial charge in [-0.3, -0.25) is 9.69 Å². The van der Waals surface area contributed by atoms with Crippen LogP contribution in [0.2, 0.25) is 0 Å². The Bertz CT molecular complexity index is 1500. The van der Waals surface area contributed by atoms with Gasteiger partial charge in [-0.1, -0.05) is 36.4 Å². The minimum atomic E-state index is -1.14. The third kappa shape index (κ3) is 7.96. The third-order valence-electron chi connectivity index (χ3n) is 5.98. The molecule has 204 valence electrons. The van der Waals surface area contributed by atoms with E-state index in [0.717, 1.165) is 45.9 Å². The number of methoxy groups -OCH3 is 1. The maximum atomic E-state index is 12.7. The summed E-state index contributed by atoms with van der Waals surface area (Å²) in [6.07, 6.45) is 4.48. The summed E-state index contributed by atoms with van der Waals surface area (Å²) in [5.74, 6) is 1.20. The molecule has 0 aliphatic heterocycles. The fraction of sp³-hybridized carbons (Fsp3) is 0.188. The fourth-order valence-corrected chi connectivity index (χ4v) is 3.97. The maximum absolute atomic E-state index is 12.7. The van der Waals surface area contributed by atoms with Gasteiger partial charge in [0.2, 0.25) is 5.89 Å². The van der Waals surface area contributed by atoms with Crippen LogP contribution in [0, 0.1) is 6.92 Å². The molecule has 0 radical (unpaired) electrons. The van der Waals surface area contributed by atoms with Gasteiger partial charge in [0.1, 0.15) is 23.8 Å². The number of benzene rings is 3. The van der Waals surface area contributed by atoms with Gasteiger partial charge in [-0.25, -0.2) is 9.78 Å². The standard InChI is InChI=1S/C32H30N2O6/c1-23-29(33-31(39-23)26-13-6-4-7-14-26)15-8-3-5-10-24-11-9-12-25(20-24)21-34(22-30(35)36)32(37)40-28-18-16-27(38-2)17-19-28/h3-4,6-7,9-14,16-20H,8,15,21-22H2,1-2H3,(H,35,36). The number of aromatic nitrogens is 1. The van der Waals surface area contributed by atoms with Gasteiger partial charge in [-0.2, -0.15) is 0 Å². The van der Waals surface area contributed by atoms with Crippen molar-refractivity contribution in [3.8, 4) is 23.0 Å². The van der Waals surface area contributed by atoms with Crippen molar-refractivity contribution in [2.45, 2.75) is 26.3 Å². The highest BCUT2D eigenvalue weighted by Crippen LogP contribution is 2.22. The number of carbonyl (C=O) groups excluding carboxylic acids is 1. The molecule has 8 heteroatoms. The largest absolute Gasteiger partial charge is 0.497 e. The monoisotopic (exact) mass is 538 g/mol. The van der Waals surface area contributed by atoms with Gasteiger partial charge in [-0.15, -0.1) is 5.73 Å². The summed E-state index contributed by atoms with van der Waals surface area (Å²) in [6, 6.07) is 23.7. The molecule has 0 atom stereocenters. The van der Waals surface area contributed by atoms with Crippen molar-refractivity contribution >= 4 is 18.1 Å². The Labute approximate surface area is 232 Å². The number of aryl methyl sites for hydroxylation is 2. The van der Waals surface area contributed by atoms with Crippen molar-refractivity contribution in [2.24, 2.45) is 0 Å². The van der Waals surface area contributed by atoms with Crippen molar-refractivity contribution in [1.82, 2.24) is 9.88 Å². The molecule has 8 nitrogen and oxygen atoms in total. The van der Waals surface area contributed by atoms with E-state index in [4.69, 9.17) is 13.9 Å². The Morgan fingerprint density at radius 2 is 1.77 bits per heavy atom. The summed E-state index contributed by atoms with van der Waals surface area (Å²) in [5, 5.41) is 9.33. The van der Waals surface area contributed by atoms with Crippen molar-refractivity contribution in [3.05, 3.63) is 113 Å². The molecule has 1 heterocycles. The summed E-state index contributed by atoms with van der Waals surface area (Å²) >= 11 is 0. The highest BCUT2D eigenvalue weighted by atomic mass is 16.6. The average molecular weight is 539 g/mol. The quantitative estimate of drug-likeness (QED) is 0.216. The lowest BCUT2D eigenvalue weighted by Crippen LogP contribution is -2.37. The smallest absolute Gasteiger partial charge is 0.416 e. The fourth-order valence-electron chi connectivity index (χ4n) is 3.97. The molecule has 3 aromatic carbocycles. The van der Waals surface area contributed by atoms with E-state index in [1.807, 2.05) is 73.7 Å². The van der Waals surface area contributed by atoms with Crippen molar-refractivity contribution < 1.29 is 28.6 Å². The van der Waals surface area contributed by atoms with Gasteiger partial charge >= 0.3 is 12.1 Å². The normalized spacial score (nSPS) is 10.3. The highest BCUT2D eigenvalue weighted by molar-refractivity contribution is 5.78. The Balaban J connectivity index is 1.36. The first-order chi connectivity index (χ1) is 19.4. The van der Waals surface area contributed by atoms with E-state index in [2.05, 4.69) is 10.7 Å². The van der Waals surface area contributed by atoms with Crippen molar-refractivity contribution in [3.63, 3.8) is 0 Å². The molecule has 0 aliphatic carbocycles. The predicted octanol–water partition coefficient (Wildman–Crippen LogP) is 6.55. The van der Waals surface area contributed by atoms with Gasteiger partial charge in [0.25, 0.3) is 0 Å². The first kappa shape index (κ1) is 28.0. The SMILES string of the molecule is COc1ccc(OC(=O)N(CC(=O)O)Cc2cccc(C=C=CCCc3nc(-c4ccccc4)oc3C)c2)cc1. The van der Waals surface area contributed by atoms with E-state index in [1.54, 1.807) is 24.3 Å². The molecule has 0 unspecified atom stereocenters. The number of carboxylic acids is 1. The van der Waals surface area contributed by atoms with Crippen LogP contribution in [0.1, 0.15) is 29.0 Å². The van der Waals surface area contributed by atoms with Crippen LogP contribution >= 0.6 is 0 Å². The molecule has 0 saturated heterocycles. The van der Waals surface area contributed by atoms with Gasteiger partial charge in [0, 0.05) is 12.1 Å². The maximum Gasteiger partial charge on any atom is 0.416 e. The van der Waals surface area contributed by atoms with Crippen LogP contribution in [0.3, 0.4) is 0 Å². The second-order valence-electron chi connectivity index (χ2n) is 8.98. The summed E-state index contributed by atoms with van der Waals surface area (Å²) < 4.78 is 16.3. The molecule has 0 spiro atoms. The first-order valence-electron chi connectivity index (χ1n) is 12.8. The molecule has 1 N–H and O–H groups in total. The van der Waals surface area contributed by atoms with Crippen LogP contribution in [0.4, 0.5) is 4.79 Å². The summed E-state index contributed by atoms with van der Waals surface area (Å²) in [7, 11) is 1.54. The Kier molecular flexibility index (Phi) is 9.53. The molecule has 0 aliphatic rings. The summed E-state index contributed by atoms with van der Waals surface area (Å²) in [5.41, 5.74) is 6.68. The highest BCUT2D eigenvalue weighted by Gasteiger charge is 2.20. The number of aliphatic carboxylic acids is 1. The first-order valence-corrected chi connectivity index (χ1v) is 12.8. The Morgan fingerprint density at radius 3 is 2.50 bits per heavy atom. The van der Waals surface area contributed by atoms with E-state index in [1.165, 1.54) is 7.11 Å². The van der Waals surface area contributed by atoms with Gasteiger partial charge in [0.15, 0.2) is 0 Å². The zero-order valence-electron chi connectivity index (χ0n) is 22.4. The lowest BCUT2D eigenvalue weighted by Gasteiger charge is -2.20. The minimum absolute atomic E-state index is 0.0713. The number of ether oxygens (including phenoxy) is 2. The Morgan fingerprint density at radius 1 is 1.02 bits per heavy atom. The number of hydrogen-bond donors (Lipinski definition) is 1. The Hall–Kier alpha value is -5.07. The zero-order valence-corrected chi connectivity index (χ0v) is 22.4. The molecule has 1 amide bonds. The molecule has 0 fully saturated rings. The molecule has 4 aromatic rings. The van der Waals surface area contributed by atoms with E-state index in [-0.39, 0.29) is 6.54 Å². The van der Waals surface area contributed by atoms with Gasteiger partial charge < -0.3 is 19.0 Å². The molecular weight excluding hydrogens is 508 g/mol. The summed E-state index contributed by atoms with van der Waals surface area (Å²) in [4.78, 5) is 29.9. The van der Waals surface area contributed by atoms with Gasteiger partial charge in [0.05, 0.1) is 12.8 Å². The molecule has 0 bridgehead atoms. The van der Waals surface area contributed by atoms with E-state index in [9.17, 15) is 14.7 Å². The van der Waals surface area contributed by atoms with Crippen molar-refractivity contribution in [1.29, 1.82) is 0 Å². The molecule has 40 heavy (non-hydrogen) atoms. The van der Waals surface area contributed by atoms with E-state index in [0.29, 0.717) is 17.4 Å². The van der Waals surface area contributed by atoms with Crippen LogP contribution in [0.25, 0.3) is 17.5 Å².